The van der Waals surface area contributed by atoms with Gasteiger partial charge in [0.25, 0.3) is 0 Å². The minimum absolute atomic E-state index is 0.0791. The highest BCUT2D eigenvalue weighted by Gasteiger charge is 2.19. The summed E-state index contributed by atoms with van der Waals surface area (Å²) in [6, 6.07) is 0. The fraction of sp³-hybridized carbons (Fsp3) is 0.750. The Morgan fingerprint density at radius 1 is 0.256 bits per heavy atom. The van der Waals surface area contributed by atoms with Gasteiger partial charge in [-0.25, -0.2) is 0 Å². The molecule has 1 atom stereocenters. The van der Waals surface area contributed by atoms with Crippen LogP contribution in [0.3, 0.4) is 0 Å². The number of ether oxygens (including phenoxy) is 3. The van der Waals surface area contributed by atoms with Crippen molar-refractivity contribution >= 4 is 17.9 Å². The highest BCUT2D eigenvalue weighted by atomic mass is 16.6. The minimum atomic E-state index is -0.784. The van der Waals surface area contributed by atoms with Crippen LogP contribution in [-0.2, 0) is 28.6 Å². The molecule has 0 aromatic rings. The zero-order chi connectivity index (χ0) is 59.2. The second-order valence-corrected chi connectivity index (χ2v) is 23.4. The molecular weight excluding hydrogens is 1010 g/mol. The van der Waals surface area contributed by atoms with E-state index in [4.69, 9.17) is 14.2 Å². The summed E-state index contributed by atoms with van der Waals surface area (Å²) in [5.41, 5.74) is 0. The Morgan fingerprint density at radius 3 is 0.744 bits per heavy atom. The highest BCUT2D eigenvalue weighted by molar-refractivity contribution is 5.71. The van der Waals surface area contributed by atoms with E-state index in [1.807, 2.05) is 0 Å². The number of hydrogen-bond donors (Lipinski definition) is 0. The molecule has 1 unspecified atom stereocenters. The van der Waals surface area contributed by atoms with Gasteiger partial charge in [0, 0.05) is 19.3 Å². The van der Waals surface area contributed by atoms with Gasteiger partial charge >= 0.3 is 17.9 Å². The average Bonchev–Trinajstić information content (AvgIpc) is 3.47. The maximum absolute atomic E-state index is 13.0. The lowest BCUT2D eigenvalue weighted by atomic mass is 10.0. The van der Waals surface area contributed by atoms with Crippen LogP contribution >= 0.6 is 0 Å². The van der Waals surface area contributed by atoms with E-state index < -0.39 is 6.10 Å². The zero-order valence-electron chi connectivity index (χ0n) is 54.2. The second kappa shape index (κ2) is 69.8. The number of carbonyl (C=O) groups excluding carboxylic acids is 3. The zero-order valence-corrected chi connectivity index (χ0v) is 54.2. The molecule has 0 aromatic heterocycles. The van der Waals surface area contributed by atoms with Gasteiger partial charge in [0.05, 0.1) is 0 Å². The van der Waals surface area contributed by atoms with Gasteiger partial charge in [-0.1, -0.05) is 330 Å². The van der Waals surface area contributed by atoms with Gasteiger partial charge in [0.15, 0.2) is 6.10 Å². The van der Waals surface area contributed by atoms with Crippen LogP contribution in [0.4, 0.5) is 0 Å². The van der Waals surface area contributed by atoms with Crippen LogP contribution in [0, 0.1) is 0 Å². The van der Waals surface area contributed by atoms with Crippen LogP contribution in [-0.4, -0.2) is 37.2 Å². The summed E-state index contributed by atoms with van der Waals surface area (Å²) in [7, 11) is 0. The molecule has 6 nitrogen and oxygen atoms in total. The number of hydrogen-bond acceptors (Lipinski definition) is 6. The predicted octanol–water partition coefficient (Wildman–Crippen LogP) is 24.4. The number of carbonyl (C=O) groups is 3. The Hall–Kier alpha value is -3.67. The lowest BCUT2D eigenvalue weighted by Crippen LogP contribution is -2.30. The summed E-state index contributed by atoms with van der Waals surface area (Å²) in [5, 5.41) is 0. The number of esters is 3. The van der Waals surface area contributed by atoms with E-state index in [1.54, 1.807) is 0 Å². The third-order valence-corrected chi connectivity index (χ3v) is 15.3. The first kappa shape index (κ1) is 78.3. The molecule has 0 amide bonds. The van der Waals surface area contributed by atoms with E-state index in [-0.39, 0.29) is 31.1 Å². The first-order valence-corrected chi connectivity index (χ1v) is 35.2. The Bertz CT molecular complexity index is 1590. The maximum atomic E-state index is 13.0. The van der Waals surface area contributed by atoms with Gasteiger partial charge in [0.2, 0.25) is 0 Å². The molecule has 0 aromatic carbocycles. The quantitative estimate of drug-likeness (QED) is 0.0261. The lowest BCUT2D eigenvalue weighted by Gasteiger charge is -2.18. The van der Waals surface area contributed by atoms with E-state index in [0.29, 0.717) is 19.3 Å². The molecule has 0 spiro atoms. The van der Waals surface area contributed by atoms with E-state index >= 15 is 0 Å². The smallest absolute Gasteiger partial charge is 0.306 e. The fourth-order valence-corrected chi connectivity index (χ4v) is 10.1. The van der Waals surface area contributed by atoms with Gasteiger partial charge in [-0.2, -0.15) is 0 Å². The van der Waals surface area contributed by atoms with Crippen molar-refractivity contribution in [2.75, 3.05) is 13.2 Å². The molecule has 0 saturated heterocycles. The topological polar surface area (TPSA) is 78.9 Å². The van der Waals surface area contributed by atoms with Crippen LogP contribution in [0.5, 0.6) is 0 Å². The van der Waals surface area contributed by atoms with Gasteiger partial charge in [0.1, 0.15) is 13.2 Å². The van der Waals surface area contributed by atoms with Crippen LogP contribution in [0.15, 0.2) is 97.2 Å². The first-order valence-electron chi connectivity index (χ1n) is 35.2. The standard InChI is InChI=1S/C76H132O6/c1-4-7-10-13-16-19-22-25-28-31-33-35-36-37-38-39-40-41-43-45-48-51-54-57-60-63-66-69-75(78)81-72-73(71-80-74(77)68-65-62-59-56-53-50-47-44-30-27-24-21-18-15-12-9-6-3)82-76(79)70-67-64-61-58-55-52-49-46-42-34-32-29-26-23-20-17-14-11-8-5-2/h7,9-10,12,16,18-19,21,25,27-28,30,33,35,37-38,73H,4-6,8,11,13-15,17,20,22-24,26,29,31-32,34,36,39-72H2,1-3H3/b10-7-,12-9-,19-16-,21-18-,28-25-,30-27-,35-33-,38-37-. The summed E-state index contributed by atoms with van der Waals surface area (Å²) in [6.07, 6.45) is 94.3. The molecule has 0 heterocycles. The molecule has 0 N–H and O–H groups in total. The van der Waals surface area contributed by atoms with Crippen molar-refractivity contribution in [1.82, 2.24) is 0 Å². The molecule has 0 aliphatic heterocycles. The van der Waals surface area contributed by atoms with Crippen LogP contribution in [0.1, 0.15) is 348 Å². The average molecular weight is 1140 g/mol. The SMILES string of the molecule is CC/C=C\C/C=C\C/C=C\C/C=C\C/C=C\CCCCCCCCCCCCCC(=O)OCC(COC(=O)CCCCCCCCC/C=C\C/C=C\C/C=C\CC)OC(=O)CCCCCCCCCCCCCCCCCCCCCC. The molecule has 82 heavy (non-hydrogen) atoms. The third kappa shape index (κ3) is 67.1. The number of unbranched alkanes of at least 4 members (excludes halogenated alkanes) is 37. The summed E-state index contributed by atoms with van der Waals surface area (Å²) in [5.74, 6) is -0.872. The Kier molecular flexibility index (Phi) is 66.7. The Labute approximate surface area is 508 Å². The van der Waals surface area contributed by atoms with Crippen LogP contribution in [0.2, 0.25) is 0 Å². The van der Waals surface area contributed by atoms with Gasteiger partial charge in [-0.3, -0.25) is 14.4 Å². The maximum Gasteiger partial charge on any atom is 0.306 e. The molecule has 472 valence electrons. The number of allylic oxidation sites excluding steroid dienone is 16. The molecule has 6 heteroatoms. The Balaban J connectivity index is 4.33. The largest absolute Gasteiger partial charge is 0.462 e. The third-order valence-electron chi connectivity index (χ3n) is 15.3. The van der Waals surface area contributed by atoms with Crippen molar-refractivity contribution in [1.29, 1.82) is 0 Å². The van der Waals surface area contributed by atoms with Crippen molar-refractivity contribution in [3.8, 4) is 0 Å². The molecule has 0 aliphatic carbocycles. The van der Waals surface area contributed by atoms with Crippen molar-refractivity contribution in [3.63, 3.8) is 0 Å². The molecule has 0 aliphatic rings. The predicted molar refractivity (Wildman–Crippen MR) is 357 cm³/mol. The van der Waals surface area contributed by atoms with Gasteiger partial charge < -0.3 is 14.2 Å². The van der Waals surface area contributed by atoms with Crippen LogP contribution < -0.4 is 0 Å². The molecule has 0 radical (unpaired) electrons. The molecule has 0 bridgehead atoms. The van der Waals surface area contributed by atoms with Gasteiger partial charge in [-0.05, 0) is 96.3 Å². The summed E-state index contributed by atoms with van der Waals surface area (Å²) >= 11 is 0. The van der Waals surface area contributed by atoms with E-state index in [9.17, 15) is 14.4 Å². The normalized spacial score (nSPS) is 12.7. The highest BCUT2D eigenvalue weighted by Crippen LogP contribution is 2.18. The van der Waals surface area contributed by atoms with E-state index in [2.05, 4.69) is 118 Å². The van der Waals surface area contributed by atoms with Crippen molar-refractivity contribution in [3.05, 3.63) is 97.2 Å². The van der Waals surface area contributed by atoms with E-state index in [1.165, 1.54) is 193 Å². The van der Waals surface area contributed by atoms with Crippen LogP contribution in [0.25, 0.3) is 0 Å². The number of rotatable bonds is 64. The molecule has 0 saturated carbocycles. The molecule has 0 rings (SSSR count). The summed E-state index contributed by atoms with van der Waals surface area (Å²) in [6.45, 7) is 6.46. The lowest BCUT2D eigenvalue weighted by molar-refractivity contribution is -0.167. The van der Waals surface area contributed by atoms with Gasteiger partial charge in [-0.15, -0.1) is 0 Å². The molecular formula is C76H132O6. The second-order valence-electron chi connectivity index (χ2n) is 23.4. The monoisotopic (exact) mass is 1140 g/mol. The van der Waals surface area contributed by atoms with Crippen molar-refractivity contribution in [2.24, 2.45) is 0 Å². The minimum Gasteiger partial charge on any atom is -0.462 e. The summed E-state index contributed by atoms with van der Waals surface area (Å²) in [4.78, 5) is 38.5. The van der Waals surface area contributed by atoms with E-state index in [0.717, 1.165) is 116 Å². The van der Waals surface area contributed by atoms with Crippen molar-refractivity contribution in [2.45, 2.75) is 354 Å². The fourth-order valence-electron chi connectivity index (χ4n) is 10.1. The Morgan fingerprint density at radius 2 is 0.476 bits per heavy atom. The first-order chi connectivity index (χ1) is 40.5. The molecule has 0 fully saturated rings. The van der Waals surface area contributed by atoms with Crippen molar-refractivity contribution < 1.29 is 28.6 Å². The summed E-state index contributed by atoms with van der Waals surface area (Å²) < 4.78 is 17.0.